The summed E-state index contributed by atoms with van der Waals surface area (Å²) in [5.41, 5.74) is 3.01. The number of ether oxygens (including phenoxy) is 2. The fourth-order valence-electron chi connectivity index (χ4n) is 4.41. The van der Waals surface area contributed by atoms with E-state index in [9.17, 15) is 9.59 Å². The Balaban J connectivity index is 1.53. The Hall–Kier alpha value is -3.28. The van der Waals surface area contributed by atoms with Crippen molar-refractivity contribution in [3.8, 4) is 11.5 Å². The number of Topliss-reactive ketones (excluding diaryl/α,β-unsaturated/α-hetero) is 1. The number of fused-ring (bicyclic) bond motifs is 1. The third kappa shape index (κ3) is 4.35. The second kappa shape index (κ2) is 9.07. The van der Waals surface area contributed by atoms with Crippen molar-refractivity contribution in [1.29, 1.82) is 0 Å². The van der Waals surface area contributed by atoms with E-state index in [0.29, 0.717) is 30.1 Å². The maximum atomic E-state index is 13.4. The van der Waals surface area contributed by atoms with E-state index < -0.39 is 0 Å². The standard InChI is InChI=1S/C26H30N2O4/c1-16(2)32-21-9-5-7-18(13-21)25(29)19-8-6-12-28(15-19)26(30)24-17(3)22-14-20(31-4)10-11-23(22)27-24/h5,7,9-11,13-14,16,19,27H,6,8,12,15H2,1-4H3. The van der Waals surface area contributed by atoms with E-state index in [1.165, 1.54) is 0 Å². The van der Waals surface area contributed by atoms with Gasteiger partial charge in [-0.2, -0.15) is 0 Å². The van der Waals surface area contributed by atoms with E-state index in [1.807, 2.05) is 57.2 Å². The highest BCUT2D eigenvalue weighted by atomic mass is 16.5. The number of H-pyrrole nitrogens is 1. The van der Waals surface area contributed by atoms with Crippen LogP contribution in [0.25, 0.3) is 10.9 Å². The molecule has 0 saturated carbocycles. The van der Waals surface area contributed by atoms with Crippen molar-refractivity contribution >= 4 is 22.6 Å². The minimum absolute atomic E-state index is 0.0441. The van der Waals surface area contributed by atoms with Crippen LogP contribution in [0, 0.1) is 12.8 Å². The zero-order valence-electron chi connectivity index (χ0n) is 19.1. The molecule has 6 heteroatoms. The normalized spacial score (nSPS) is 16.4. The summed E-state index contributed by atoms with van der Waals surface area (Å²) in [7, 11) is 1.63. The van der Waals surface area contributed by atoms with Gasteiger partial charge in [0.05, 0.1) is 13.2 Å². The van der Waals surface area contributed by atoms with Crippen LogP contribution in [0.15, 0.2) is 42.5 Å². The Bertz CT molecular complexity index is 1150. The lowest BCUT2D eigenvalue weighted by atomic mass is 9.89. The number of nitrogens with zero attached hydrogens (tertiary/aromatic N) is 1. The third-order valence-electron chi connectivity index (χ3n) is 6.05. The van der Waals surface area contributed by atoms with Crippen molar-refractivity contribution in [3.05, 3.63) is 59.3 Å². The van der Waals surface area contributed by atoms with Gasteiger partial charge < -0.3 is 19.4 Å². The molecule has 0 bridgehead atoms. The number of aromatic nitrogens is 1. The Morgan fingerprint density at radius 3 is 2.69 bits per heavy atom. The van der Waals surface area contributed by atoms with Crippen molar-refractivity contribution in [2.45, 2.75) is 39.7 Å². The van der Waals surface area contributed by atoms with Crippen molar-refractivity contribution < 1.29 is 19.1 Å². The number of carbonyl (C=O) groups is 2. The molecule has 1 unspecified atom stereocenters. The summed E-state index contributed by atoms with van der Waals surface area (Å²) >= 11 is 0. The van der Waals surface area contributed by atoms with Gasteiger partial charge in [-0.1, -0.05) is 12.1 Å². The van der Waals surface area contributed by atoms with Crippen LogP contribution in [0.1, 0.15) is 53.1 Å². The zero-order valence-corrected chi connectivity index (χ0v) is 19.1. The number of aryl methyl sites for hydroxylation is 1. The van der Waals surface area contributed by atoms with Crippen LogP contribution in [-0.4, -0.2) is 47.9 Å². The number of carbonyl (C=O) groups excluding carboxylic acids is 2. The number of aromatic amines is 1. The van der Waals surface area contributed by atoms with Gasteiger partial charge >= 0.3 is 0 Å². The Kier molecular flexibility index (Phi) is 6.21. The molecule has 1 saturated heterocycles. The predicted octanol–water partition coefficient (Wildman–Crippen LogP) is 5.01. The lowest BCUT2D eigenvalue weighted by Crippen LogP contribution is -2.42. The molecule has 1 N–H and O–H groups in total. The van der Waals surface area contributed by atoms with Crippen LogP contribution in [0.2, 0.25) is 0 Å². The number of rotatable bonds is 6. The summed E-state index contributed by atoms with van der Waals surface area (Å²) in [4.78, 5) is 31.6. The largest absolute Gasteiger partial charge is 0.497 e. The van der Waals surface area contributed by atoms with Crippen LogP contribution in [0.3, 0.4) is 0 Å². The Morgan fingerprint density at radius 1 is 1.12 bits per heavy atom. The van der Waals surface area contributed by atoms with Gasteiger partial charge in [-0.15, -0.1) is 0 Å². The average molecular weight is 435 g/mol. The molecule has 3 aromatic rings. The molecule has 2 aromatic carbocycles. The molecule has 4 rings (SSSR count). The van der Waals surface area contributed by atoms with Gasteiger partial charge in [0.25, 0.3) is 5.91 Å². The second-order valence-electron chi connectivity index (χ2n) is 8.69. The van der Waals surface area contributed by atoms with Crippen molar-refractivity contribution in [2.24, 2.45) is 5.92 Å². The molecule has 1 aliphatic rings. The number of piperidine rings is 1. The van der Waals surface area contributed by atoms with Crippen molar-refractivity contribution in [1.82, 2.24) is 9.88 Å². The highest BCUT2D eigenvalue weighted by molar-refractivity contribution is 6.02. The highest BCUT2D eigenvalue weighted by Crippen LogP contribution is 2.29. The van der Waals surface area contributed by atoms with E-state index in [4.69, 9.17) is 9.47 Å². The highest BCUT2D eigenvalue weighted by Gasteiger charge is 2.31. The Morgan fingerprint density at radius 2 is 1.94 bits per heavy atom. The molecule has 6 nitrogen and oxygen atoms in total. The van der Waals surface area contributed by atoms with Crippen LogP contribution in [-0.2, 0) is 0 Å². The molecule has 2 heterocycles. The summed E-state index contributed by atoms with van der Waals surface area (Å²) in [5.74, 6) is 1.23. The molecule has 168 valence electrons. The summed E-state index contributed by atoms with van der Waals surface area (Å²) in [6.45, 7) is 6.93. The first-order valence-electron chi connectivity index (χ1n) is 11.1. The minimum Gasteiger partial charge on any atom is -0.497 e. The van der Waals surface area contributed by atoms with Crippen molar-refractivity contribution in [3.63, 3.8) is 0 Å². The topological polar surface area (TPSA) is 71.6 Å². The van der Waals surface area contributed by atoms with Gasteiger partial charge in [0, 0.05) is 35.5 Å². The van der Waals surface area contributed by atoms with Crippen LogP contribution in [0.4, 0.5) is 0 Å². The molecule has 0 aliphatic carbocycles. The molecule has 1 aliphatic heterocycles. The molecule has 1 amide bonds. The van der Waals surface area contributed by atoms with E-state index in [-0.39, 0.29) is 23.7 Å². The van der Waals surface area contributed by atoms with E-state index >= 15 is 0 Å². The number of likely N-dealkylation sites (tertiary alicyclic amines) is 1. The lowest BCUT2D eigenvalue weighted by Gasteiger charge is -2.32. The molecule has 32 heavy (non-hydrogen) atoms. The predicted molar refractivity (Wildman–Crippen MR) is 125 cm³/mol. The maximum Gasteiger partial charge on any atom is 0.270 e. The number of ketones is 1. The molecule has 0 radical (unpaired) electrons. The fourth-order valence-corrected chi connectivity index (χ4v) is 4.41. The van der Waals surface area contributed by atoms with Crippen LogP contribution < -0.4 is 9.47 Å². The second-order valence-corrected chi connectivity index (χ2v) is 8.69. The van der Waals surface area contributed by atoms with Gasteiger partial charge in [-0.3, -0.25) is 9.59 Å². The van der Waals surface area contributed by atoms with Gasteiger partial charge in [0.2, 0.25) is 0 Å². The van der Waals surface area contributed by atoms with E-state index in [1.54, 1.807) is 18.1 Å². The monoisotopic (exact) mass is 434 g/mol. The van der Waals surface area contributed by atoms with E-state index in [0.717, 1.165) is 35.1 Å². The number of methoxy groups -OCH3 is 1. The number of nitrogens with one attached hydrogen (secondary N) is 1. The smallest absolute Gasteiger partial charge is 0.270 e. The first-order valence-corrected chi connectivity index (χ1v) is 11.1. The van der Waals surface area contributed by atoms with Gasteiger partial charge in [0.15, 0.2) is 5.78 Å². The molecule has 0 spiro atoms. The summed E-state index contributed by atoms with van der Waals surface area (Å²) in [6.07, 6.45) is 1.63. The van der Waals surface area contributed by atoms with Gasteiger partial charge in [0.1, 0.15) is 17.2 Å². The molecule has 1 fully saturated rings. The quantitative estimate of drug-likeness (QED) is 0.554. The third-order valence-corrected chi connectivity index (χ3v) is 6.05. The number of hydrogen-bond acceptors (Lipinski definition) is 4. The summed E-state index contributed by atoms with van der Waals surface area (Å²) in [6, 6.07) is 13.1. The molecule has 1 aromatic heterocycles. The Labute approximate surface area is 188 Å². The number of benzene rings is 2. The number of hydrogen-bond donors (Lipinski definition) is 1. The fraction of sp³-hybridized carbons (Fsp3) is 0.385. The summed E-state index contributed by atoms with van der Waals surface area (Å²) < 4.78 is 11.1. The molecular weight excluding hydrogens is 404 g/mol. The average Bonchev–Trinajstić information content (AvgIpc) is 3.13. The van der Waals surface area contributed by atoms with Gasteiger partial charge in [-0.05, 0) is 69.5 Å². The minimum atomic E-state index is -0.216. The first kappa shape index (κ1) is 21.9. The van der Waals surface area contributed by atoms with Crippen LogP contribution in [0.5, 0.6) is 11.5 Å². The molecule has 1 atom stereocenters. The first-order chi connectivity index (χ1) is 15.4. The SMILES string of the molecule is COc1ccc2[nH]c(C(=O)N3CCCC(C(=O)c4cccc(OC(C)C)c4)C3)c(C)c2c1. The number of amides is 1. The maximum absolute atomic E-state index is 13.4. The summed E-state index contributed by atoms with van der Waals surface area (Å²) in [5, 5.41) is 0.972. The van der Waals surface area contributed by atoms with Crippen molar-refractivity contribution in [2.75, 3.05) is 20.2 Å². The zero-order chi connectivity index (χ0) is 22.8. The molecular formula is C26H30N2O4. The lowest BCUT2D eigenvalue weighted by molar-refractivity contribution is 0.0632. The van der Waals surface area contributed by atoms with Gasteiger partial charge in [-0.25, -0.2) is 0 Å². The van der Waals surface area contributed by atoms with E-state index in [2.05, 4.69) is 4.98 Å². The van der Waals surface area contributed by atoms with Crippen LogP contribution >= 0.6 is 0 Å².